The maximum Gasteiger partial charge on any atom is 0.0919 e. The van der Waals surface area contributed by atoms with Crippen molar-refractivity contribution in [2.75, 3.05) is 0 Å². The molecule has 50 valence electrons. The van der Waals surface area contributed by atoms with Crippen LogP contribution >= 0.6 is 0 Å². The molecule has 0 atom stereocenters. The van der Waals surface area contributed by atoms with Crippen LogP contribution in [0.15, 0.2) is 23.9 Å². The van der Waals surface area contributed by atoms with E-state index in [1.165, 1.54) is 6.21 Å². The molecule has 0 amide bonds. The van der Waals surface area contributed by atoms with Gasteiger partial charge in [-0.05, 0) is 6.92 Å². The molecule has 4 heteroatoms. The first-order valence-electron chi connectivity index (χ1n) is 2.46. The summed E-state index contributed by atoms with van der Waals surface area (Å²) in [5.41, 5.74) is 0. The molecule has 0 saturated heterocycles. The lowest BCUT2D eigenvalue weighted by atomic mass is 10.9. The Morgan fingerprint density at radius 1 is 1.78 bits per heavy atom. The molecule has 0 bridgehead atoms. The molecule has 0 aliphatic rings. The maximum atomic E-state index is 7.44. The lowest BCUT2D eigenvalue weighted by molar-refractivity contribution is 0.321. The van der Waals surface area contributed by atoms with Gasteiger partial charge in [0.1, 0.15) is 0 Å². The van der Waals surface area contributed by atoms with E-state index in [1.54, 1.807) is 25.6 Å². The summed E-state index contributed by atoms with van der Waals surface area (Å²) in [4.78, 5) is 6.42. The summed E-state index contributed by atoms with van der Waals surface area (Å²) in [6.45, 7) is 1.64. The second kappa shape index (κ2) is 6.68. The Balaban J connectivity index is 0.000000148. The van der Waals surface area contributed by atoms with Gasteiger partial charge in [-0.15, -0.1) is 5.16 Å². The predicted molar refractivity (Wildman–Crippen MR) is 34.5 cm³/mol. The first-order chi connectivity index (χ1) is 4.41. The number of nitrogens with one attached hydrogen (secondary N) is 1. The fraction of sp³-hybridized carbons (Fsp3) is 0.200. The van der Waals surface area contributed by atoms with Crippen LogP contribution in [0.1, 0.15) is 6.92 Å². The minimum absolute atomic E-state index is 1.31. The molecule has 1 heterocycles. The highest BCUT2D eigenvalue weighted by atomic mass is 16.4. The second-order valence-corrected chi connectivity index (χ2v) is 1.13. The summed E-state index contributed by atoms with van der Waals surface area (Å²) in [7, 11) is 0. The Morgan fingerprint density at radius 3 is 2.56 bits per heavy atom. The molecular weight excluding hydrogens is 118 g/mol. The van der Waals surface area contributed by atoms with E-state index in [9.17, 15) is 0 Å². The molecule has 2 N–H and O–H groups in total. The van der Waals surface area contributed by atoms with Gasteiger partial charge >= 0.3 is 0 Å². The molecule has 9 heavy (non-hydrogen) atoms. The smallest absolute Gasteiger partial charge is 0.0919 e. The van der Waals surface area contributed by atoms with Crippen molar-refractivity contribution in [3.63, 3.8) is 0 Å². The lowest BCUT2D eigenvalue weighted by Crippen LogP contribution is -1.49. The SMILES string of the molecule is C/C=N/O.c1c[nH]cn1. The van der Waals surface area contributed by atoms with Gasteiger partial charge in [0, 0.05) is 18.6 Å². The minimum Gasteiger partial charge on any atom is -0.411 e. The molecule has 0 aliphatic heterocycles. The van der Waals surface area contributed by atoms with Crippen LogP contribution in [0.2, 0.25) is 0 Å². The van der Waals surface area contributed by atoms with E-state index in [1.807, 2.05) is 0 Å². The van der Waals surface area contributed by atoms with Crippen molar-refractivity contribution in [3.05, 3.63) is 18.7 Å². The highest BCUT2D eigenvalue weighted by Crippen LogP contribution is 1.62. The minimum atomic E-state index is 1.31. The van der Waals surface area contributed by atoms with Crippen LogP contribution in [0.3, 0.4) is 0 Å². The van der Waals surface area contributed by atoms with Crippen LogP contribution in [-0.2, 0) is 0 Å². The fourth-order valence-electron chi connectivity index (χ4n) is 0.215. The summed E-state index contributed by atoms with van der Waals surface area (Å²) >= 11 is 0. The van der Waals surface area contributed by atoms with Gasteiger partial charge < -0.3 is 10.2 Å². The van der Waals surface area contributed by atoms with Crippen molar-refractivity contribution in [1.82, 2.24) is 9.97 Å². The molecule has 0 fully saturated rings. The highest BCUT2D eigenvalue weighted by Gasteiger charge is 1.56. The van der Waals surface area contributed by atoms with Gasteiger partial charge in [0.2, 0.25) is 0 Å². The number of oxime groups is 1. The molecular formula is C5H9N3O. The van der Waals surface area contributed by atoms with Gasteiger partial charge in [-0.1, -0.05) is 0 Å². The molecule has 0 spiro atoms. The van der Waals surface area contributed by atoms with Gasteiger partial charge in [0.25, 0.3) is 0 Å². The van der Waals surface area contributed by atoms with Crippen LogP contribution in [0, 0.1) is 0 Å². The van der Waals surface area contributed by atoms with Crippen molar-refractivity contribution in [2.45, 2.75) is 6.92 Å². The van der Waals surface area contributed by atoms with Gasteiger partial charge in [0.05, 0.1) is 6.33 Å². The molecule has 0 saturated carbocycles. The second-order valence-electron chi connectivity index (χ2n) is 1.13. The van der Waals surface area contributed by atoms with E-state index in [2.05, 4.69) is 15.1 Å². The average molecular weight is 127 g/mol. The van der Waals surface area contributed by atoms with E-state index < -0.39 is 0 Å². The van der Waals surface area contributed by atoms with Crippen LogP contribution in [0.5, 0.6) is 0 Å². The average Bonchev–Trinajstić information content (AvgIpc) is 2.43. The van der Waals surface area contributed by atoms with E-state index in [-0.39, 0.29) is 0 Å². The number of hydrogen-bond donors (Lipinski definition) is 2. The molecule has 1 rings (SSSR count). The number of imidazole rings is 1. The van der Waals surface area contributed by atoms with E-state index in [0.717, 1.165) is 0 Å². The third-order valence-corrected chi connectivity index (χ3v) is 0.521. The van der Waals surface area contributed by atoms with Crippen LogP contribution < -0.4 is 0 Å². The predicted octanol–water partition coefficient (Wildman–Crippen LogP) is 0.876. The van der Waals surface area contributed by atoms with Crippen LogP contribution in [-0.4, -0.2) is 21.4 Å². The monoisotopic (exact) mass is 127 g/mol. The third-order valence-electron chi connectivity index (χ3n) is 0.521. The first kappa shape index (κ1) is 7.68. The van der Waals surface area contributed by atoms with E-state index >= 15 is 0 Å². The van der Waals surface area contributed by atoms with Gasteiger partial charge in [0.15, 0.2) is 0 Å². The van der Waals surface area contributed by atoms with Gasteiger partial charge in [-0.25, -0.2) is 4.98 Å². The Labute approximate surface area is 53.2 Å². The Bertz CT molecular complexity index is 115. The van der Waals surface area contributed by atoms with Crippen LogP contribution in [0.25, 0.3) is 0 Å². The first-order valence-corrected chi connectivity index (χ1v) is 2.46. The molecule has 0 unspecified atom stereocenters. The summed E-state index contributed by atoms with van der Waals surface area (Å²) in [6, 6.07) is 0. The zero-order chi connectivity index (χ0) is 6.95. The van der Waals surface area contributed by atoms with Gasteiger partial charge in [-0.3, -0.25) is 0 Å². The van der Waals surface area contributed by atoms with Crippen molar-refractivity contribution in [1.29, 1.82) is 0 Å². The van der Waals surface area contributed by atoms with Crippen molar-refractivity contribution >= 4 is 6.21 Å². The molecule has 0 aliphatic carbocycles. The van der Waals surface area contributed by atoms with Crippen molar-refractivity contribution < 1.29 is 5.21 Å². The zero-order valence-corrected chi connectivity index (χ0v) is 5.15. The van der Waals surface area contributed by atoms with E-state index in [4.69, 9.17) is 5.21 Å². The third kappa shape index (κ3) is 6.68. The molecule has 4 nitrogen and oxygen atoms in total. The fourth-order valence-corrected chi connectivity index (χ4v) is 0.215. The number of H-pyrrole nitrogens is 1. The number of rotatable bonds is 0. The van der Waals surface area contributed by atoms with Crippen molar-refractivity contribution in [2.24, 2.45) is 5.16 Å². The number of aromatic nitrogens is 2. The number of nitrogens with zero attached hydrogens (tertiary/aromatic N) is 2. The normalized spacial score (nSPS) is 8.56. The number of hydrogen-bond acceptors (Lipinski definition) is 3. The summed E-state index contributed by atoms with van der Waals surface area (Å²) in [5, 5.41) is 10.1. The molecule has 1 aromatic rings. The standard InChI is InChI=1S/C3H4N2.C2H5NO/c1-2-5-3-4-1;1-2-3-4/h1-3H,(H,4,5);2,4H,1H3/b;3-2+. The Hall–Kier alpha value is -1.32. The summed E-state index contributed by atoms with van der Waals surface area (Å²) < 4.78 is 0. The quantitative estimate of drug-likeness (QED) is 0.308. The number of aromatic amines is 1. The van der Waals surface area contributed by atoms with Crippen LogP contribution in [0.4, 0.5) is 0 Å². The topological polar surface area (TPSA) is 61.3 Å². The summed E-state index contributed by atoms with van der Waals surface area (Å²) in [5.74, 6) is 0. The van der Waals surface area contributed by atoms with E-state index in [0.29, 0.717) is 0 Å². The summed E-state index contributed by atoms with van der Waals surface area (Å²) in [6.07, 6.45) is 6.39. The zero-order valence-electron chi connectivity index (χ0n) is 5.15. The Kier molecular flexibility index (Phi) is 5.70. The molecule has 0 aromatic carbocycles. The lowest BCUT2D eigenvalue weighted by Gasteiger charge is -1.54. The Morgan fingerprint density at radius 2 is 2.44 bits per heavy atom. The molecule has 1 aromatic heterocycles. The highest BCUT2D eigenvalue weighted by molar-refractivity contribution is 5.51. The molecule has 0 radical (unpaired) electrons. The largest absolute Gasteiger partial charge is 0.411 e. The maximum absolute atomic E-state index is 7.44. The van der Waals surface area contributed by atoms with Crippen molar-refractivity contribution in [3.8, 4) is 0 Å². The van der Waals surface area contributed by atoms with Gasteiger partial charge in [-0.2, -0.15) is 0 Å².